The average molecular weight is 174 g/mol. The largest absolute Gasteiger partial charge is 0.379 e. The van der Waals surface area contributed by atoms with Gasteiger partial charge in [0, 0.05) is 13.2 Å². The molecule has 0 aliphatic rings. The highest BCUT2D eigenvalue weighted by Gasteiger charge is 2.15. The second-order valence-corrected chi connectivity index (χ2v) is 3.04. The van der Waals surface area contributed by atoms with E-state index < -0.39 is 0 Å². The molecule has 0 N–H and O–H groups in total. The van der Waals surface area contributed by atoms with Crippen molar-refractivity contribution in [2.45, 2.75) is 40.2 Å². The first kappa shape index (κ1) is 11.9. The number of rotatable bonds is 7. The van der Waals surface area contributed by atoms with Crippen molar-refractivity contribution < 1.29 is 9.47 Å². The van der Waals surface area contributed by atoms with Gasteiger partial charge in [-0.05, 0) is 19.8 Å². The van der Waals surface area contributed by atoms with Gasteiger partial charge in [0.15, 0.2) is 0 Å². The molecule has 0 saturated carbocycles. The monoisotopic (exact) mass is 174 g/mol. The standard InChI is InChI=1S/C10H22O2/c1-5-9(4)10(12-7-3)8-11-6-2/h9-10H,5-8H2,1-4H3. The van der Waals surface area contributed by atoms with Crippen LogP contribution in [-0.2, 0) is 9.47 Å². The van der Waals surface area contributed by atoms with Gasteiger partial charge in [-0.3, -0.25) is 0 Å². The van der Waals surface area contributed by atoms with Crippen LogP contribution in [-0.4, -0.2) is 25.9 Å². The fourth-order valence-corrected chi connectivity index (χ4v) is 1.09. The zero-order valence-corrected chi connectivity index (χ0v) is 8.80. The molecular formula is C10H22O2. The van der Waals surface area contributed by atoms with Gasteiger partial charge >= 0.3 is 0 Å². The van der Waals surface area contributed by atoms with Crippen LogP contribution in [0.5, 0.6) is 0 Å². The van der Waals surface area contributed by atoms with Crippen LogP contribution in [0.1, 0.15) is 34.1 Å². The summed E-state index contributed by atoms with van der Waals surface area (Å²) in [7, 11) is 0. The Morgan fingerprint density at radius 1 is 1.08 bits per heavy atom. The maximum absolute atomic E-state index is 5.57. The Morgan fingerprint density at radius 2 is 1.75 bits per heavy atom. The molecule has 0 amide bonds. The van der Waals surface area contributed by atoms with Crippen LogP contribution >= 0.6 is 0 Å². The van der Waals surface area contributed by atoms with E-state index in [-0.39, 0.29) is 6.10 Å². The molecule has 2 heteroatoms. The fraction of sp³-hybridized carbons (Fsp3) is 1.00. The third kappa shape index (κ3) is 4.73. The lowest BCUT2D eigenvalue weighted by Crippen LogP contribution is -2.27. The Balaban J connectivity index is 3.68. The minimum Gasteiger partial charge on any atom is -0.379 e. The molecule has 2 unspecified atom stereocenters. The van der Waals surface area contributed by atoms with Crippen LogP contribution < -0.4 is 0 Å². The number of ether oxygens (including phenoxy) is 2. The summed E-state index contributed by atoms with van der Waals surface area (Å²) in [5.41, 5.74) is 0. The molecule has 74 valence electrons. The van der Waals surface area contributed by atoms with Crippen LogP contribution in [0.15, 0.2) is 0 Å². The molecule has 0 aliphatic carbocycles. The molecular weight excluding hydrogens is 152 g/mol. The van der Waals surface area contributed by atoms with E-state index in [0.717, 1.165) is 26.2 Å². The summed E-state index contributed by atoms with van der Waals surface area (Å²) in [6.07, 6.45) is 1.43. The Morgan fingerprint density at radius 3 is 2.17 bits per heavy atom. The summed E-state index contributed by atoms with van der Waals surface area (Å²) in [4.78, 5) is 0. The topological polar surface area (TPSA) is 18.5 Å². The number of hydrogen-bond acceptors (Lipinski definition) is 2. The Labute approximate surface area is 76.3 Å². The van der Waals surface area contributed by atoms with Crippen molar-refractivity contribution in [3.8, 4) is 0 Å². The SMILES string of the molecule is CCOCC(OCC)C(C)CC. The lowest BCUT2D eigenvalue weighted by molar-refractivity contribution is -0.0364. The summed E-state index contributed by atoms with van der Waals surface area (Å²) in [6, 6.07) is 0. The quantitative estimate of drug-likeness (QED) is 0.590. The Kier molecular flexibility index (Phi) is 7.51. The van der Waals surface area contributed by atoms with Gasteiger partial charge in [-0.1, -0.05) is 20.3 Å². The van der Waals surface area contributed by atoms with E-state index in [0.29, 0.717) is 5.92 Å². The van der Waals surface area contributed by atoms with Gasteiger partial charge in [-0.2, -0.15) is 0 Å². The minimum absolute atomic E-state index is 0.278. The first-order chi connectivity index (χ1) is 5.76. The highest BCUT2D eigenvalue weighted by Crippen LogP contribution is 2.11. The fourth-order valence-electron chi connectivity index (χ4n) is 1.09. The van der Waals surface area contributed by atoms with E-state index in [1.165, 1.54) is 0 Å². The molecule has 0 bridgehead atoms. The van der Waals surface area contributed by atoms with E-state index >= 15 is 0 Å². The molecule has 0 rings (SSSR count). The van der Waals surface area contributed by atoms with Crippen molar-refractivity contribution in [3.05, 3.63) is 0 Å². The van der Waals surface area contributed by atoms with Crippen LogP contribution in [0.2, 0.25) is 0 Å². The smallest absolute Gasteiger partial charge is 0.0833 e. The van der Waals surface area contributed by atoms with E-state index in [1.807, 2.05) is 13.8 Å². The lowest BCUT2D eigenvalue weighted by Gasteiger charge is -2.22. The van der Waals surface area contributed by atoms with Crippen molar-refractivity contribution in [1.29, 1.82) is 0 Å². The van der Waals surface area contributed by atoms with E-state index in [4.69, 9.17) is 9.47 Å². The molecule has 0 fully saturated rings. The van der Waals surface area contributed by atoms with Crippen molar-refractivity contribution in [2.75, 3.05) is 19.8 Å². The summed E-state index contributed by atoms with van der Waals surface area (Å²) in [6.45, 7) is 10.7. The summed E-state index contributed by atoms with van der Waals surface area (Å²) < 4.78 is 10.9. The van der Waals surface area contributed by atoms with E-state index in [2.05, 4.69) is 13.8 Å². The van der Waals surface area contributed by atoms with Crippen LogP contribution in [0, 0.1) is 5.92 Å². The zero-order chi connectivity index (χ0) is 9.40. The van der Waals surface area contributed by atoms with Gasteiger partial charge < -0.3 is 9.47 Å². The van der Waals surface area contributed by atoms with Gasteiger partial charge in [-0.15, -0.1) is 0 Å². The Bertz CT molecular complexity index is 93.8. The van der Waals surface area contributed by atoms with Gasteiger partial charge in [0.05, 0.1) is 12.7 Å². The lowest BCUT2D eigenvalue weighted by atomic mass is 10.0. The van der Waals surface area contributed by atoms with E-state index in [1.54, 1.807) is 0 Å². The highest BCUT2D eigenvalue weighted by molar-refractivity contribution is 4.64. The van der Waals surface area contributed by atoms with Crippen molar-refractivity contribution in [1.82, 2.24) is 0 Å². The first-order valence-corrected chi connectivity index (χ1v) is 4.95. The molecule has 0 spiro atoms. The molecule has 2 nitrogen and oxygen atoms in total. The Hall–Kier alpha value is -0.0800. The van der Waals surface area contributed by atoms with Crippen molar-refractivity contribution in [2.24, 2.45) is 5.92 Å². The molecule has 2 atom stereocenters. The molecule has 0 saturated heterocycles. The molecule has 0 aromatic heterocycles. The summed E-state index contributed by atoms with van der Waals surface area (Å²) in [5, 5.41) is 0. The van der Waals surface area contributed by atoms with Crippen LogP contribution in [0.3, 0.4) is 0 Å². The third-order valence-electron chi connectivity index (χ3n) is 2.15. The highest BCUT2D eigenvalue weighted by atomic mass is 16.5. The zero-order valence-electron chi connectivity index (χ0n) is 8.80. The molecule has 0 aromatic carbocycles. The second-order valence-electron chi connectivity index (χ2n) is 3.04. The predicted molar refractivity (Wildman–Crippen MR) is 51.4 cm³/mol. The summed E-state index contributed by atoms with van der Waals surface area (Å²) >= 11 is 0. The molecule has 12 heavy (non-hydrogen) atoms. The first-order valence-electron chi connectivity index (χ1n) is 4.95. The normalized spacial score (nSPS) is 16.0. The van der Waals surface area contributed by atoms with Gasteiger partial charge in [0.1, 0.15) is 0 Å². The maximum atomic E-state index is 5.57. The van der Waals surface area contributed by atoms with E-state index in [9.17, 15) is 0 Å². The molecule has 0 radical (unpaired) electrons. The minimum atomic E-state index is 0.278. The van der Waals surface area contributed by atoms with Crippen LogP contribution in [0.25, 0.3) is 0 Å². The number of hydrogen-bond donors (Lipinski definition) is 0. The third-order valence-corrected chi connectivity index (χ3v) is 2.15. The molecule has 0 heterocycles. The average Bonchev–Trinajstić information content (AvgIpc) is 2.11. The molecule has 0 aromatic rings. The maximum Gasteiger partial charge on any atom is 0.0833 e. The van der Waals surface area contributed by atoms with Crippen LogP contribution in [0.4, 0.5) is 0 Å². The van der Waals surface area contributed by atoms with Gasteiger partial charge in [-0.25, -0.2) is 0 Å². The summed E-state index contributed by atoms with van der Waals surface area (Å²) in [5.74, 6) is 0.594. The van der Waals surface area contributed by atoms with Gasteiger partial charge in [0.25, 0.3) is 0 Å². The second kappa shape index (κ2) is 7.56. The predicted octanol–water partition coefficient (Wildman–Crippen LogP) is 2.47. The van der Waals surface area contributed by atoms with Crippen molar-refractivity contribution in [3.63, 3.8) is 0 Å². The van der Waals surface area contributed by atoms with Crippen molar-refractivity contribution >= 4 is 0 Å². The molecule has 0 aliphatic heterocycles. The van der Waals surface area contributed by atoms with Gasteiger partial charge in [0.2, 0.25) is 0 Å².